The lowest BCUT2D eigenvalue weighted by Crippen LogP contribution is -2.04. The molecule has 122 valence electrons. The first-order valence-electron chi connectivity index (χ1n) is 7.24. The molecular formula is C18H20O5. The molecule has 5 heteroatoms. The topological polar surface area (TPSA) is 76.0 Å². The number of phenolic OH excluding ortho intramolecular Hbond substituents is 2. The van der Waals surface area contributed by atoms with E-state index in [-0.39, 0.29) is 47.2 Å². The molecule has 0 aliphatic heterocycles. The highest BCUT2D eigenvalue weighted by atomic mass is 16.5. The number of rotatable bonds is 6. The van der Waals surface area contributed by atoms with E-state index in [9.17, 15) is 15.0 Å². The van der Waals surface area contributed by atoms with Gasteiger partial charge in [0.15, 0.2) is 28.8 Å². The number of aryl methyl sites for hydroxylation is 1. The summed E-state index contributed by atoms with van der Waals surface area (Å²) in [5.41, 5.74) is 1.78. The Labute approximate surface area is 135 Å². The van der Waals surface area contributed by atoms with Crippen molar-refractivity contribution in [3.05, 3.63) is 47.0 Å². The molecule has 23 heavy (non-hydrogen) atoms. The van der Waals surface area contributed by atoms with Gasteiger partial charge in [0, 0.05) is 23.6 Å². The lowest BCUT2D eigenvalue weighted by molar-refractivity contribution is 0.0982. The van der Waals surface area contributed by atoms with Crippen LogP contribution in [0.4, 0.5) is 0 Å². The van der Waals surface area contributed by atoms with Crippen LogP contribution in [0, 0.1) is 6.92 Å². The lowest BCUT2D eigenvalue weighted by Gasteiger charge is -2.14. The van der Waals surface area contributed by atoms with E-state index < -0.39 is 0 Å². The number of phenols is 2. The van der Waals surface area contributed by atoms with Gasteiger partial charge in [0.1, 0.15) is 0 Å². The van der Waals surface area contributed by atoms with Gasteiger partial charge in [0.25, 0.3) is 0 Å². The molecule has 2 aromatic rings. The molecule has 0 spiro atoms. The number of carbonyl (C=O) groups excluding carboxylic acids is 1. The molecular weight excluding hydrogens is 296 g/mol. The molecule has 0 aliphatic carbocycles. The summed E-state index contributed by atoms with van der Waals surface area (Å²) in [5, 5.41) is 20.4. The Balaban J connectivity index is 2.27. The smallest absolute Gasteiger partial charge is 0.164 e. The van der Waals surface area contributed by atoms with E-state index in [1.165, 1.54) is 20.3 Å². The number of hydrogen-bond donors (Lipinski definition) is 2. The fourth-order valence-corrected chi connectivity index (χ4v) is 2.47. The van der Waals surface area contributed by atoms with Crippen LogP contribution in [-0.4, -0.2) is 30.2 Å². The summed E-state index contributed by atoms with van der Waals surface area (Å²) >= 11 is 0. The second-order valence-corrected chi connectivity index (χ2v) is 5.19. The predicted molar refractivity (Wildman–Crippen MR) is 86.7 cm³/mol. The van der Waals surface area contributed by atoms with Gasteiger partial charge >= 0.3 is 0 Å². The van der Waals surface area contributed by atoms with Gasteiger partial charge in [0.05, 0.1) is 14.2 Å². The van der Waals surface area contributed by atoms with Gasteiger partial charge in [-0.15, -0.1) is 0 Å². The third-order valence-electron chi connectivity index (χ3n) is 3.79. The van der Waals surface area contributed by atoms with Crippen LogP contribution in [0.5, 0.6) is 23.0 Å². The zero-order valence-corrected chi connectivity index (χ0v) is 13.4. The van der Waals surface area contributed by atoms with Crippen molar-refractivity contribution in [2.75, 3.05) is 14.2 Å². The van der Waals surface area contributed by atoms with Gasteiger partial charge in [-0.05, 0) is 18.9 Å². The zero-order chi connectivity index (χ0) is 17.0. The number of aromatic hydroxyl groups is 2. The van der Waals surface area contributed by atoms with Crippen molar-refractivity contribution in [2.24, 2.45) is 0 Å². The van der Waals surface area contributed by atoms with Crippen LogP contribution in [0.2, 0.25) is 0 Å². The van der Waals surface area contributed by atoms with Gasteiger partial charge < -0.3 is 19.7 Å². The Hall–Kier alpha value is -2.69. The molecule has 0 fully saturated rings. The molecule has 0 amide bonds. The van der Waals surface area contributed by atoms with Crippen LogP contribution >= 0.6 is 0 Å². The van der Waals surface area contributed by atoms with Crippen molar-refractivity contribution in [3.63, 3.8) is 0 Å². The Kier molecular flexibility index (Phi) is 5.11. The largest absolute Gasteiger partial charge is 0.504 e. The van der Waals surface area contributed by atoms with Gasteiger partial charge in [-0.2, -0.15) is 0 Å². The van der Waals surface area contributed by atoms with Crippen molar-refractivity contribution in [1.82, 2.24) is 0 Å². The van der Waals surface area contributed by atoms with E-state index in [1.54, 1.807) is 6.07 Å². The molecule has 0 atom stereocenters. The highest BCUT2D eigenvalue weighted by Gasteiger charge is 2.20. The van der Waals surface area contributed by atoms with Crippen LogP contribution in [0.3, 0.4) is 0 Å². The Morgan fingerprint density at radius 2 is 1.61 bits per heavy atom. The highest BCUT2D eigenvalue weighted by Crippen LogP contribution is 2.43. The summed E-state index contributed by atoms with van der Waals surface area (Å²) in [7, 11) is 2.82. The summed E-state index contributed by atoms with van der Waals surface area (Å²) in [4.78, 5) is 12.3. The minimum absolute atomic E-state index is 0.0521. The first kappa shape index (κ1) is 16.7. The minimum atomic E-state index is -0.177. The third-order valence-corrected chi connectivity index (χ3v) is 3.79. The molecule has 0 bridgehead atoms. The maximum atomic E-state index is 12.3. The predicted octanol–water partition coefficient (Wildman–Crippen LogP) is 3.24. The normalized spacial score (nSPS) is 10.4. The lowest BCUT2D eigenvalue weighted by atomic mass is 9.98. The molecule has 5 nitrogen and oxygen atoms in total. The number of benzene rings is 2. The Morgan fingerprint density at radius 1 is 1.04 bits per heavy atom. The van der Waals surface area contributed by atoms with Crippen molar-refractivity contribution in [1.29, 1.82) is 0 Å². The number of hydrogen-bond acceptors (Lipinski definition) is 5. The van der Waals surface area contributed by atoms with Crippen molar-refractivity contribution in [2.45, 2.75) is 19.8 Å². The number of ketones is 1. The number of methoxy groups -OCH3 is 2. The maximum Gasteiger partial charge on any atom is 0.164 e. The van der Waals surface area contributed by atoms with Crippen LogP contribution in [0.1, 0.15) is 27.9 Å². The van der Waals surface area contributed by atoms with E-state index >= 15 is 0 Å². The molecule has 0 saturated heterocycles. The van der Waals surface area contributed by atoms with Crippen molar-refractivity contribution in [3.8, 4) is 23.0 Å². The highest BCUT2D eigenvalue weighted by molar-refractivity contribution is 5.97. The van der Waals surface area contributed by atoms with Gasteiger partial charge in [0.2, 0.25) is 0 Å². The summed E-state index contributed by atoms with van der Waals surface area (Å²) < 4.78 is 10.1. The van der Waals surface area contributed by atoms with E-state index in [4.69, 9.17) is 9.47 Å². The van der Waals surface area contributed by atoms with E-state index in [0.29, 0.717) is 5.56 Å². The summed E-state index contributed by atoms with van der Waals surface area (Å²) in [6.45, 7) is 1.87. The fraction of sp³-hybridized carbons (Fsp3) is 0.278. The van der Waals surface area contributed by atoms with Crippen molar-refractivity contribution >= 4 is 5.78 Å². The SMILES string of the molecule is COc1cc(OC)c(O)c(CCC(=O)c2ccccc2C)c1O. The van der Waals surface area contributed by atoms with Crippen LogP contribution in [0.15, 0.2) is 30.3 Å². The Morgan fingerprint density at radius 3 is 2.13 bits per heavy atom. The number of ether oxygens (including phenoxy) is 2. The maximum absolute atomic E-state index is 12.3. The fourth-order valence-electron chi connectivity index (χ4n) is 2.47. The molecule has 0 saturated carbocycles. The van der Waals surface area contributed by atoms with Crippen LogP contribution < -0.4 is 9.47 Å². The quantitative estimate of drug-likeness (QED) is 0.800. The molecule has 2 rings (SSSR count). The molecule has 2 N–H and O–H groups in total. The van der Waals surface area contributed by atoms with Crippen molar-refractivity contribution < 1.29 is 24.5 Å². The standard InChI is InChI=1S/C18H20O5/c1-11-6-4-5-7-12(11)14(19)9-8-13-17(20)15(22-2)10-16(23-3)18(13)21/h4-7,10,20-21H,8-9H2,1-3H3. The second-order valence-electron chi connectivity index (χ2n) is 5.19. The molecule has 0 aliphatic rings. The molecule has 2 aromatic carbocycles. The van der Waals surface area contributed by atoms with Crippen LogP contribution in [-0.2, 0) is 6.42 Å². The number of Topliss-reactive ketones (excluding diaryl/α,β-unsaturated/α-hetero) is 1. The Bertz CT molecular complexity index is 693. The van der Waals surface area contributed by atoms with E-state index in [0.717, 1.165) is 5.56 Å². The van der Waals surface area contributed by atoms with Gasteiger partial charge in [-0.25, -0.2) is 0 Å². The average molecular weight is 316 g/mol. The van der Waals surface area contributed by atoms with E-state index in [2.05, 4.69) is 0 Å². The molecule has 0 aromatic heterocycles. The monoisotopic (exact) mass is 316 g/mol. The average Bonchev–Trinajstić information content (AvgIpc) is 2.55. The van der Waals surface area contributed by atoms with Gasteiger partial charge in [-0.1, -0.05) is 24.3 Å². The minimum Gasteiger partial charge on any atom is -0.504 e. The third kappa shape index (κ3) is 3.39. The van der Waals surface area contributed by atoms with Gasteiger partial charge in [-0.3, -0.25) is 4.79 Å². The zero-order valence-electron chi connectivity index (χ0n) is 13.4. The molecule has 0 heterocycles. The molecule has 0 unspecified atom stereocenters. The first-order chi connectivity index (χ1) is 11.0. The van der Waals surface area contributed by atoms with E-state index in [1.807, 2.05) is 25.1 Å². The summed E-state index contributed by atoms with van der Waals surface area (Å²) in [6, 6.07) is 8.72. The summed E-state index contributed by atoms with van der Waals surface area (Å²) in [6.07, 6.45) is 0.334. The number of carbonyl (C=O) groups is 1. The molecule has 0 radical (unpaired) electrons. The van der Waals surface area contributed by atoms with Crippen LogP contribution in [0.25, 0.3) is 0 Å². The second kappa shape index (κ2) is 7.05. The first-order valence-corrected chi connectivity index (χ1v) is 7.24. The summed E-state index contributed by atoms with van der Waals surface area (Å²) in [5.74, 6) is -0.0218.